The van der Waals surface area contributed by atoms with E-state index >= 15 is 0 Å². The Morgan fingerprint density at radius 3 is 2.63 bits per heavy atom. The summed E-state index contributed by atoms with van der Waals surface area (Å²) >= 11 is 3.38. The van der Waals surface area contributed by atoms with Gasteiger partial charge in [0.25, 0.3) is 0 Å². The summed E-state index contributed by atoms with van der Waals surface area (Å²) in [5.74, 6) is 0.403. The molecule has 0 aromatic heterocycles. The predicted octanol–water partition coefficient (Wildman–Crippen LogP) is 4.15. The molecule has 0 spiro atoms. The number of rotatable bonds is 1. The maximum absolute atomic E-state index is 12.9. The third kappa shape index (κ3) is 2.51. The molecule has 0 aliphatic carbocycles. The molecule has 4 heteroatoms. The zero-order valence-corrected chi connectivity index (χ0v) is 11.6. The normalized spacial score (nSPS) is 21.6. The Morgan fingerprint density at radius 2 is 1.89 bits per heavy atom. The van der Waals surface area contributed by atoms with Gasteiger partial charge in [0, 0.05) is 16.5 Å². The number of aliphatic hydroxyl groups excluding tert-OH is 1. The number of hydrogen-bond donors (Lipinski definition) is 1. The highest BCUT2D eigenvalue weighted by Crippen LogP contribution is 2.41. The standard InChI is InChI=1S/C15H12BrFO2/c16-10-3-6-14-12(7-10)13(18)8-15(19-14)9-1-4-11(17)5-2-9/h1-7,13,15,18H,8H2/t13-,15?/m0/s1. The Balaban J connectivity index is 1.92. The molecule has 0 bridgehead atoms. The van der Waals surface area contributed by atoms with Gasteiger partial charge >= 0.3 is 0 Å². The summed E-state index contributed by atoms with van der Waals surface area (Å²) in [7, 11) is 0. The van der Waals surface area contributed by atoms with Gasteiger partial charge in [-0.15, -0.1) is 0 Å². The molecule has 2 aromatic carbocycles. The molecule has 2 aromatic rings. The van der Waals surface area contributed by atoms with Crippen LogP contribution in [0.15, 0.2) is 46.9 Å². The molecule has 0 fully saturated rings. The van der Waals surface area contributed by atoms with E-state index in [9.17, 15) is 9.50 Å². The lowest BCUT2D eigenvalue weighted by atomic mass is 9.95. The highest BCUT2D eigenvalue weighted by Gasteiger charge is 2.28. The summed E-state index contributed by atoms with van der Waals surface area (Å²) < 4.78 is 19.7. The maximum Gasteiger partial charge on any atom is 0.127 e. The van der Waals surface area contributed by atoms with E-state index in [0.717, 1.165) is 15.6 Å². The first-order chi connectivity index (χ1) is 9.13. The van der Waals surface area contributed by atoms with Crippen LogP contribution in [0.4, 0.5) is 4.39 Å². The zero-order valence-electron chi connectivity index (χ0n) is 10.0. The van der Waals surface area contributed by atoms with Crippen molar-refractivity contribution >= 4 is 15.9 Å². The van der Waals surface area contributed by atoms with E-state index in [-0.39, 0.29) is 11.9 Å². The molecule has 0 amide bonds. The fourth-order valence-electron chi connectivity index (χ4n) is 2.30. The van der Waals surface area contributed by atoms with Crippen molar-refractivity contribution in [2.45, 2.75) is 18.6 Å². The topological polar surface area (TPSA) is 29.5 Å². The van der Waals surface area contributed by atoms with Crippen LogP contribution in [0.3, 0.4) is 0 Å². The molecular weight excluding hydrogens is 311 g/mol. The second kappa shape index (κ2) is 4.94. The summed E-state index contributed by atoms with van der Waals surface area (Å²) in [6, 6.07) is 11.8. The number of halogens is 2. The molecule has 19 heavy (non-hydrogen) atoms. The molecule has 98 valence electrons. The fraction of sp³-hybridized carbons (Fsp3) is 0.200. The van der Waals surface area contributed by atoms with E-state index in [2.05, 4.69) is 15.9 Å². The van der Waals surface area contributed by atoms with Crippen LogP contribution >= 0.6 is 15.9 Å². The van der Waals surface area contributed by atoms with Gasteiger partial charge in [-0.3, -0.25) is 0 Å². The van der Waals surface area contributed by atoms with Crippen molar-refractivity contribution in [1.82, 2.24) is 0 Å². The predicted molar refractivity (Wildman–Crippen MR) is 73.5 cm³/mol. The average Bonchev–Trinajstić information content (AvgIpc) is 2.40. The number of hydrogen-bond acceptors (Lipinski definition) is 2. The third-order valence-corrected chi connectivity index (χ3v) is 3.77. The second-order valence-corrected chi connectivity index (χ2v) is 5.51. The minimum absolute atomic E-state index is 0.246. The van der Waals surface area contributed by atoms with Crippen molar-refractivity contribution in [3.63, 3.8) is 0 Å². The summed E-state index contributed by atoms with van der Waals surface area (Å²) in [6.45, 7) is 0. The number of fused-ring (bicyclic) bond motifs is 1. The molecule has 1 unspecified atom stereocenters. The lowest BCUT2D eigenvalue weighted by molar-refractivity contribution is 0.0656. The van der Waals surface area contributed by atoms with Gasteiger partial charge in [-0.25, -0.2) is 4.39 Å². The third-order valence-electron chi connectivity index (χ3n) is 3.28. The van der Waals surface area contributed by atoms with Crippen molar-refractivity contribution in [1.29, 1.82) is 0 Å². The van der Waals surface area contributed by atoms with Gasteiger partial charge in [0.05, 0.1) is 6.10 Å². The first-order valence-electron chi connectivity index (χ1n) is 6.03. The molecule has 3 rings (SSSR count). The second-order valence-electron chi connectivity index (χ2n) is 4.59. The average molecular weight is 323 g/mol. The van der Waals surface area contributed by atoms with E-state index in [1.54, 1.807) is 12.1 Å². The van der Waals surface area contributed by atoms with Crippen LogP contribution in [0.2, 0.25) is 0 Å². The largest absolute Gasteiger partial charge is 0.485 e. The monoisotopic (exact) mass is 322 g/mol. The van der Waals surface area contributed by atoms with Crippen LogP contribution in [0.5, 0.6) is 5.75 Å². The van der Waals surface area contributed by atoms with Gasteiger partial charge in [-0.2, -0.15) is 0 Å². The molecule has 1 aliphatic heterocycles. The molecule has 0 saturated carbocycles. The van der Waals surface area contributed by atoms with Crippen LogP contribution in [0.25, 0.3) is 0 Å². The van der Waals surface area contributed by atoms with Crippen molar-refractivity contribution in [3.8, 4) is 5.75 Å². The molecule has 1 N–H and O–H groups in total. The van der Waals surface area contributed by atoms with Crippen LogP contribution in [-0.4, -0.2) is 5.11 Å². The van der Waals surface area contributed by atoms with Crippen molar-refractivity contribution in [2.24, 2.45) is 0 Å². The summed E-state index contributed by atoms with van der Waals surface area (Å²) in [5, 5.41) is 10.2. The molecule has 1 heterocycles. The number of ether oxygens (including phenoxy) is 1. The molecular formula is C15H12BrFO2. The SMILES string of the molecule is O[C@H]1CC(c2ccc(F)cc2)Oc2ccc(Br)cc21. The van der Waals surface area contributed by atoms with Gasteiger partial charge in [0.1, 0.15) is 17.7 Å². The summed E-state index contributed by atoms with van der Waals surface area (Å²) in [6.07, 6.45) is -0.352. The first kappa shape index (κ1) is 12.6. The molecule has 0 saturated heterocycles. The van der Waals surface area contributed by atoms with Crippen molar-refractivity contribution < 1.29 is 14.2 Å². The van der Waals surface area contributed by atoms with Gasteiger partial charge in [0.15, 0.2) is 0 Å². The number of aliphatic hydroxyl groups is 1. The molecule has 2 atom stereocenters. The van der Waals surface area contributed by atoms with Gasteiger partial charge in [0.2, 0.25) is 0 Å². The minimum atomic E-state index is -0.573. The van der Waals surface area contributed by atoms with E-state index in [1.807, 2.05) is 18.2 Å². The van der Waals surface area contributed by atoms with Crippen LogP contribution in [-0.2, 0) is 0 Å². The van der Waals surface area contributed by atoms with Crippen molar-refractivity contribution in [3.05, 3.63) is 63.9 Å². The lowest BCUT2D eigenvalue weighted by Gasteiger charge is -2.30. The summed E-state index contributed by atoms with van der Waals surface area (Å²) in [4.78, 5) is 0. The summed E-state index contributed by atoms with van der Waals surface area (Å²) in [5.41, 5.74) is 1.65. The highest BCUT2D eigenvalue weighted by atomic mass is 79.9. The quantitative estimate of drug-likeness (QED) is 0.854. The Labute approximate surface area is 119 Å². The van der Waals surface area contributed by atoms with Crippen LogP contribution < -0.4 is 4.74 Å². The zero-order chi connectivity index (χ0) is 13.4. The lowest BCUT2D eigenvalue weighted by Crippen LogP contribution is -2.19. The number of benzene rings is 2. The van der Waals surface area contributed by atoms with E-state index in [4.69, 9.17) is 4.74 Å². The fourth-order valence-corrected chi connectivity index (χ4v) is 2.68. The van der Waals surface area contributed by atoms with Gasteiger partial charge in [-0.05, 0) is 35.9 Å². The maximum atomic E-state index is 12.9. The Morgan fingerprint density at radius 1 is 1.16 bits per heavy atom. The molecule has 0 radical (unpaired) electrons. The van der Waals surface area contributed by atoms with Crippen LogP contribution in [0, 0.1) is 5.82 Å². The van der Waals surface area contributed by atoms with E-state index < -0.39 is 6.10 Å². The minimum Gasteiger partial charge on any atom is -0.485 e. The van der Waals surface area contributed by atoms with E-state index in [1.165, 1.54) is 12.1 Å². The highest BCUT2D eigenvalue weighted by molar-refractivity contribution is 9.10. The van der Waals surface area contributed by atoms with Gasteiger partial charge < -0.3 is 9.84 Å². The van der Waals surface area contributed by atoms with Crippen LogP contribution in [0.1, 0.15) is 29.8 Å². The molecule has 1 aliphatic rings. The Hall–Kier alpha value is -1.39. The Kier molecular flexibility index (Phi) is 3.29. The van der Waals surface area contributed by atoms with Gasteiger partial charge in [-0.1, -0.05) is 28.1 Å². The molecule has 2 nitrogen and oxygen atoms in total. The van der Waals surface area contributed by atoms with Crippen molar-refractivity contribution in [2.75, 3.05) is 0 Å². The van der Waals surface area contributed by atoms with E-state index in [0.29, 0.717) is 12.2 Å². The Bertz CT molecular complexity index is 598. The first-order valence-corrected chi connectivity index (χ1v) is 6.82. The smallest absolute Gasteiger partial charge is 0.127 e.